The van der Waals surface area contributed by atoms with Crippen LogP contribution in [0.5, 0.6) is 0 Å². The number of hydrogen-bond acceptors (Lipinski definition) is 12. The first-order valence-corrected chi connectivity index (χ1v) is 20.2. The molecule has 0 spiro atoms. The average Bonchev–Trinajstić information content (AvgIpc) is 4.00. The van der Waals surface area contributed by atoms with Gasteiger partial charge in [0.15, 0.2) is 29.3 Å². The van der Waals surface area contributed by atoms with E-state index in [0.717, 1.165) is 42.9 Å². The lowest BCUT2D eigenvalue weighted by atomic mass is 9.91. The molecule has 2 aromatic carbocycles. The summed E-state index contributed by atoms with van der Waals surface area (Å²) < 4.78 is 7.31. The number of likely N-dealkylation sites (tertiary alicyclic amines) is 1. The summed E-state index contributed by atoms with van der Waals surface area (Å²) in [5.41, 5.74) is 2.58. The first kappa shape index (κ1) is 39.6. The molecule has 5 atom stereocenters. The number of carbonyl (C=O) groups is 3. The number of urea groups is 1. The van der Waals surface area contributed by atoms with Crippen LogP contribution in [0.4, 0.5) is 16.4 Å². The van der Waals surface area contributed by atoms with Crippen molar-refractivity contribution in [1.29, 1.82) is 0 Å². The van der Waals surface area contributed by atoms with E-state index in [2.05, 4.69) is 70.4 Å². The highest BCUT2D eigenvalue weighted by molar-refractivity contribution is 5.95. The van der Waals surface area contributed by atoms with E-state index in [1.807, 2.05) is 54.6 Å². The Morgan fingerprint density at radius 3 is 2.20 bits per heavy atom. The lowest BCUT2D eigenvalue weighted by molar-refractivity contribution is -0.137. The van der Waals surface area contributed by atoms with Crippen LogP contribution in [0.2, 0.25) is 0 Å². The largest absolute Gasteiger partial charge is 0.387 e. The predicted octanol–water partition coefficient (Wildman–Crippen LogP) is 2.40. The summed E-state index contributed by atoms with van der Waals surface area (Å²) in [6.07, 6.45) is -0.304. The fourth-order valence-electron chi connectivity index (χ4n) is 8.08. The molecule has 8 rings (SSSR count). The lowest BCUT2D eigenvalue weighted by Crippen LogP contribution is -2.49. The molecule has 3 aliphatic rings. The van der Waals surface area contributed by atoms with Gasteiger partial charge in [-0.15, -0.1) is 0 Å². The molecule has 17 heteroatoms. The van der Waals surface area contributed by atoms with Crippen LogP contribution in [-0.4, -0.2) is 127 Å². The fourth-order valence-corrected chi connectivity index (χ4v) is 8.08. The third kappa shape index (κ3) is 8.67. The van der Waals surface area contributed by atoms with Gasteiger partial charge in [0, 0.05) is 63.5 Å². The number of aliphatic hydroxyl groups excluding tert-OH is 2. The lowest BCUT2D eigenvalue weighted by Gasteiger charge is -2.33. The number of amides is 4. The second-order valence-electron chi connectivity index (χ2n) is 15.1. The summed E-state index contributed by atoms with van der Waals surface area (Å²) in [5.74, 6) is -0.199. The van der Waals surface area contributed by atoms with E-state index >= 15 is 0 Å². The SMILES string of the molecule is CCNC(=O)[C@H]1O[C@@H](n2cnc3c(NCC(c4ccccc4)c4ccccc4)nc(C(=O)N[C@@H]4CCN(C(=O)NC5CCN(c6ccccn6)CC5)C4)nc32)[C@H](O)[C@@H]1O. The van der Waals surface area contributed by atoms with Crippen LogP contribution in [0.1, 0.15) is 60.1 Å². The fraction of sp³-hybridized carbons (Fsp3) is 0.405. The highest BCUT2D eigenvalue weighted by atomic mass is 16.6. The van der Waals surface area contributed by atoms with Crippen molar-refractivity contribution in [3.05, 3.63) is 108 Å². The molecule has 59 heavy (non-hydrogen) atoms. The Hall–Kier alpha value is -6.17. The van der Waals surface area contributed by atoms with E-state index in [1.165, 1.54) is 10.9 Å². The monoisotopic (exact) mass is 803 g/mol. The van der Waals surface area contributed by atoms with Crippen LogP contribution in [0.3, 0.4) is 0 Å². The van der Waals surface area contributed by atoms with Crippen molar-refractivity contribution in [1.82, 2.24) is 45.4 Å². The molecule has 0 radical (unpaired) electrons. The Bertz CT molecular complexity index is 2180. The number of benzene rings is 2. The minimum absolute atomic E-state index is 0.0372. The molecular weight excluding hydrogens is 755 g/mol. The maximum atomic E-state index is 14.0. The van der Waals surface area contributed by atoms with Crippen molar-refractivity contribution >= 4 is 40.6 Å². The number of likely N-dealkylation sites (N-methyl/N-ethyl adjacent to an activating group) is 1. The normalized spacial score (nSPS) is 22.1. The number of hydrogen-bond donors (Lipinski definition) is 6. The molecule has 308 valence electrons. The van der Waals surface area contributed by atoms with Gasteiger partial charge in [0.1, 0.15) is 18.0 Å². The second kappa shape index (κ2) is 17.8. The third-order valence-electron chi connectivity index (χ3n) is 11.2. The van der Waals surface area contributed by atoms with Crippen LogP contribution in [0.15, 0.2) is 91.4 Å². The topological polar surface area (TPSA) is 212 Å². The van der Waals surface area contributed by atoms with E-state index in [1.54, 1.807) is 18.0 Å². The summed E-state index contributed by atoms with van der Waals surface area (Å²) in [7, 11) is 0. The average molecular weight is 804 g/mol. The van der Waals surface area contributed by atoms with Crippen molar-refractivity contribution in [3.8, 4) is 0 Å². The second-order valence-corrected chi connectivity index (χ2v) is 15.1. The molecule has 3 fully saturated rings. The van der Waals surface area contributed by atoms with Gasteiger partial charge < -0.3 is 46.0 Å². The number of ether oxygens (including phenoxy) is 1. The van der Waals surface area contributed by atoms with Crippen LogP contribution in [0, 0.1) is 0 Å². The molecule has 0 bridgehead atoms. The van der Waals surface area contributed by atoms with Gasteiger partial charge in [0.2, 0.25) is 5.82 Å². The summed E-state index contributed by atoms with van der Waals surface area (Å²) in [6, 6.07) is 25.4. The van der Waals surface area contributed by atoms with Gasteiger partial charge in [-0.2, -0.15) is 0 Å². The smallest absolute Gasteiger partial charge is 0.317 e. The number of aromatic nitrogens is 5. The van der Waals surface area contributed by atoms with Crippen molar-refractivity contribution in [3.63, 3.8) is 0 Å². The Kier molecular flexibility index (Phi) is 11.9. The van der Waals surface area contributed by atoms with E-state index in [-0.39, 0.29) is 41.3 Å². The third-order valence-corrected chi connectivity index (χ3v) is 11.2. The molecule has 0 saturated carbocycles. The zero-order valence-electron chi connectivity index (χ0n) is 32.7. The summed E-state index contributed by atoms with van der Waals surface area (Å²) in [5, 5.41) is 34.1. The molecule has 6 heterocycles. The van der Waals surface area contributed by atoms with Crippen LogP contribution >= 0.6 is 0 Å². The molecule has 0 aliphatic carbocycles. The van der Waals surface area contributed by atoms with Crippen molar-refractivity contribution < 1.29 is 29.3 Å². The molecule has 6 N–H and O–H groups in total. The molecule has 5 aromatic rings. The maximum absolute atomic E-state index is 14.0. The van der Waals surface area contributed by atoms with Crippen LogP contribution in [0.25, 0.3) is 11.2 Å². The van der Waals surface area contributed by atoms with E-state index in [4.69, 9.17) is 4.74 Å². The number of imidazole rings is 1. The minimum Gasteiger partial charge on any atom is -0.387 e. The first-order valence-electron chi connectivity index (χ1n) is 20.2. The molecule has 3 aliphatic heterocycles. The highest BCUT2D eigenvalue weighted by Gasteiger charge is 2.48. The van der Waals surface area contributed by atoms with Crippen molar-refractivity contribution in [2.45, 2.75) is 68.7 Å². The first-order chi connectivity index (χ1) is 28.8. The summed E-state index contributed by atoms with van der Waals surface area (Å²) in [6.45, 7) is 4.79. The molecule has 4 amide bonds. The van der Waals surface area contributed by atoms with E-state index in [0.29, 0.717) is 38.1 Å². The Labute approximate surface area is 341 Å². The summed E-state index contributed by atoms with van der Waals surface area (Å²) >= 11 is 0. The molecule has 17 nitrogen and oxygen atoms in total. The number of rotatable bonds is 12. The number of carbonyl (C=O) groups excluding carboxylic acids is 3. The molecular formula is C42H49N11O6. The number of nitrogens with zero attached hydrogens (tertiary/aromatic N) is 7. The number of nitrogens with one attached hydrogen (secondary N) is 4. The number of aliphatic hydroxyl groups is 2. The van der Waals surface area contributed by atoms with E-state index < -0.39 is 36.4 Å². The maximum Gasteiger partial charge on any atom is 0.317 e. The molecule has 3 aromatic heterocycles. The number of anilines is 2. The van der Waals surface area contributed by atoms with Gasteiger partial charge >= 0.3 is 6.03 Å². The number of pyridine rings is 1. The summed E-state index contributed by atoms with van der Waals surface area (Å²) in [4.78, 5) is 62.3. The van der Waals surface area contributed by atoms with Crippen molar-refractivity contribution in [2.75, 3.05) is 49.5 Å². The van der Waals surface area contributed by atoms with Gasteiger partial charge in [0.25, 0.3) is 11.8 Å². The van der Waals surface area contributed by atoms with Crippen LogP contribution < -0.4 is 26.2 Å². The van der Waals surface area contributed by atoms with Gasteiger partial charge in [0.05, 0.1) is 6.33 Å². The van der Waals surface area contributed by atoms with Gasteiger partial charge in [-0.1, -0.05) is 66.7 Å². The zero-order chi connectivity index (χ0) is 40.9. The van der Waals surface area contributed by atoms with Gasteiger partial charge in [-0.05, 0) is 49.4 Å². The van der Waals surface area contributed by atoms with Gasteiger partial charge in [-0.25, -0.2) is 24.7 Å². The number of piperidine rings is 1. The standard InChI is InChI=1S/C42H49N11O6/c1-2-43-39(56)35-33(54)34(55)41(59-35)53-25-46-32-36(45-23-30(26-11-5-3-6-12-26)27-13-7-4-8-14-27)49-37(50-38(32)53)40(57)47-29-18-22-52(24-29)42(58)48-28-16-20-51(21-17-28)31-15-9-10-19-44-31/h3-15,19,25,28-30,33-35,41,54-55H,2,16-18,20-24H2,1H3,(H,43,56)(H,47,57)(H,48,58)(H,45,49,50)/t29-,33+,34-,35+,41-/m1/s1. The van der Waals surface area contributed by atoms with E-state index in [9.17, 15) is 24.6 Å². The molecule has 3 saturated heterocycles. The Morgan fingerprint density at radius 2 is 1.53 bits per heavy atom. The zero-order valence-corrected chi connectivity index (χ0v) is 32.7. The number of fused-ring (bicyclic) bond motifs is 1. The van der Waals surface area contributed by atoms with Crippen LogP contribution in [-0.2, 0) is 9.53 Å². The van der Waals surface area contributed by atoms with Gasteiger partial charge in [-0.3, -0.25) is 14.2 Å². The quantitative estimate of drug-likeness (QED) is 0.107. The highest BCUT2D eigenvalue weighted by Crippen LogP contribution is 2.33. The Morgan fingerprint density at radius 1 is 0.831 bits per heavy atom. The predicted molar refractivity (Wildman–Crippen MR) is 219 cm³/mol. The van der Waals surface area contributed by atoms with Crippen molar-refractivity contribution in [2.24, 2.45) is 0 Å². The molecule has 0 unspecified atom stereocenters. The Balaban J connectivity index is 1.000. The minimum atomic E-state index is -1.52.